The van der Waals surface area contributed by atoms with Crippen molar-refractivity contribution >= 4 is 17.6 Å². The molecule has 0 aromatic carbocycles. The highest BCUT2D eigenvalue weighted by Crippen LogP contribution is 1.63. The molecule has 2 N–H and O–H groups in total. The summed E-state index contributed by atoms with van der Waals surface area (Å²) in [6, 6.07) is 0. The predicted octanol–water partition coefficient (Wildman–Crippen LogP) is 0.308. The van der Waals surface area contributed by atoms with Crippen molar-refractivity contribution < 1.29 is 15.0 Å². The maximum Gasteiger partial charge on any atom is 0.300 e. The van der Waals surface area contributed by atoms with Crippen LogP contribution in [0.15, 0.2) is 0 Å². The van der Waals surface area contributed by atoms with Crippen LogP contribution in [0.4, 0.5) is 0 Å². The van der Waals surface area contributed by atoms with Crippen LogP contribution in [0.5, 0.6) is 0 Å². The fraction of sp³-hybridized carbons (Fsp3) is 0.750. The number of alkyl halides is 1. The summed E-state index contributed by atoms with van der Waals surface area (Å²) in [7, 11) is 0. The maximum absolute atomic E-state index is 9.00. The minimum absolute atomic E-state index is 0.0849. The van der Waals surface area contributed by atoms with E-state index in [0.29, 0.717) is 5.88 Å². The summed E-state index contributed by atoms with van der Waals surface area (Å²) in [5.41, 5.74) is 0. The Balaban J connectivity index is 0. The first-order valence-corrected chi connectivity index (χ1v) is 2.55. The highest BCUT2D eigenvalue weighted by molar-refractivity contribution is 6.17. The minimum atomic E-state index is -0.833. The van der Waals surface area contributed by atoms with Crippen molar-refractivity contribution in [3.05, 3.63) is 0 Å². The molecular formula is C4H9ClO3. The number of hydrogen-bond acceptors (Lipinski definition) is 2. The van der Waals surface area contributed by atoms with Crippen LogP contribution in [0.1, 0.15) is 6.92 Å². The van der Waals surface area contributed by atoms with Crippen molar-refractivity contribution in [2.45, 2.75) is 6.92 Å². The van der Waals surface area contributed by atoms with Crippen LogP contribution in [0, 0.1) is 0 Å². The van der Waals surface area contributed by atoms with Crippen molar-refractivity contribution in [1.29, 1.82) is 0 Å². The van der Waals surface area contributed by atoms with Crippen molar-refractivity contribution in [2.75, 3.05) is 12.5 Å². The van der Waals surface area contributed by atoms with Gasteiger partial charge >= 0.3 is 0 Å². The van der Waals surface area contributed by atoms with E-state index in [1.807, 2.05) is 0 Å². The second kappa shape index (κ2) is 9.87. The molecule has 0 aromatic heterocycles. The Bertz CT molecular complexity index is 49.2. The average Bonchev–Trinajstić information content (AvgIpc) is 1.65. The zero-order valence-corrected chi connectivity index (χ0v) is 5.35. The van der Waals surface area contributed by atoms with Gasteiger partial charge in [0.25, 0.3) is 5.97 Å². The molecule has 0 amide bonds. The van der Waals surface area contributed by atoms with Crippen molar-refractivity contribution in [3.63, 3.8) is 0 Å². The lowest BCUT2D eigenvalue weighted by Crippen LogP contribution is -1.78. The maximum atomic E-state index is 9.00. The van der Waals surface area contributed by atoms with E-state index < -0.39 is 5.97 Å². The van der Waals surface area contributed by atoms with Gasteiger partial charge in [0.1, 0.15) is 0 Å². The Morgan fingerprint density at radius 1 is 1.75 bits per heavy atom. The molecule has 0 unspecified atom stereocenters. The summed E-state index contributed by atoms with van der Waals surface area (Å²) in [5, 5.41) is 15.2. The fourth-order valence-electron chi connectivity index (χ4n) is 0. The van der Waals surface area contributed by atoms with E-state index >= 15 is 0 Å². The first-order valence-electron chi connectivity index (χ1n) is 2.01. The molecule has 0 heterocycles. The van der Waals surface area contributed by atoms with Gasteiger partial charge in [-0.2, -0.15) is 0 Å². The van der Waals surface area contributed by atoms with Gasteiger partial charge in [0.2, 0.25) is 0 Å². The first-order chi connectivity index (χ1) is 3.65. The lowest BCUT2D eigenvalue weighted by Gasteiger charge is -1.67. The molecule has 0 saturated carbocycles. The van der Waals surface area contributed by atoms with Crippen LogP contribution in [0.2, 0.25) is 0 Å². The fourth-order valence-corrected chi connectivity index (χ4v) is 0. The topological polar surface area (TPSA) is 57.5 Å². The van der Waals surface area contributed by atoms with Crippen LogP contribution in [-0.4, -0.2) is 28.7 Å². The second-order valence-electron chi connectivity index (χ2n) is 0.932. The van der Waals surface area contributed by atoms with Crippen molar-refractivity contribution in [2.24, 2.45) is 0 Å². The average molecular weight is 141 g/mol. The molecule has 0 fully saturated rings. The summed E-state index contributed by atoms with van der Waals surface area (Å²) in [4.78, 5) is 9.00. The standard InChI is InChI=1S/C2H5ClO.C2H4O2/c3-1-2-4;1-2(3)4/h4H,1-2H2;1H3,(H,3,4). The first kappa shape index (κ1) is 10.7. The minimum Gasteiger partial charge on any atom is -0.481 e. The molecule has 0 rings (SSSR count). The van der Waals surface area contributed by atoms with Gasteiger partial charge in [-0.05, 0) is 0 Å². The second-order valence-corrected chi connectivity index (χ2v) is 1.31. The summed E-state index contributed by atoms with van der Waals surface area (Å²) in [5.74, 6) is -0.486. The lowest BCUT2D eigenvalue weighted by atomic mass is 10.9. The molecule has 0 radical (unpaired) electrons. The van der Waals surface area contributed by atoms with Crippen molar-refractivity contribution in [3.8, 4) is 0 Å². The molecule has 0 aliphatic heterocycles. The third-order valence-electron chi connectivity index (χ3n) is 0.0845. The molecule has 4 heteroatoms. The molecule has 0 aliphatic rings. The van der Waals surface area contributed by atoms with E-state index in [1.165, 1.54) is 0 Å². The Hall–Kier alpha value is -0.280. The molecule has 0 aromatic rings. The lowest BCUT2D eigenvalue weighted by molar-refractivity contribution is -0.134. The van der Waals surface area contributed by atoms with E-state index in [1.54, 1.807) is 0 Å². The number of aliphatic hydroxyl groups excluding tert-OH is 1. The zero-order chi connectivity index (χ0) is 6.99. The molecule has 50 valence electrons. The van der Waals surface area contributed by atoms with Gasteiger partial charge < -0.3 is 10.2 Å². The number of carboxylic acids is 1. The number of carboxylic acid groups (broad SMARTS) is 1. The Labute approximate surface area is 52.9 Å². The predicted molar refractivity (Wildman–Crippen MR) is 31.1 cm³/mol. The Kier molecular flexibility index (Phi) is 13.1. The van der Waals surface area contributed by atoms with Gasteiger partial charge in [-0.25, -0.2) is 0 Å². The number of carbonyl (C=O) groups is 1. The van der Waals surface area contributed by atoms with Crippen LogP contribution in [0.3, 0.4) is 0 Å². The SMILES string of the molecule is CC(=O)O.OCCCl. The summed E-state index contributed by atoms with van der Waals surface area (Å²) < 4.78 is 0. The third kappa shape index (κ3) is 246. The normalized spacial score (nSPS) is 6.88. The smallest absolute Gasteiger partial charge is 0.300 e. The van der Waals surface area contributed by atoms with E-state index in [-0.39, 0.29) is 6.61 Å². The van der Waals surface area contributed by atoms with E-state index in [9.17, 15) is 0 Å². The molecule has 0 spiro atoms. The van der Waals surface area contributed by atoms with Crippen LogP contribution >= 0.6 is 11.6 Å². The Morgan fingerprint density at radius 2 is 1.88 bits per heavy atom. The third-order valence-corrected chi connectivity index (χ3v) is 0.254. The Morgan fingerprint density at radius 3 is 1.88 bits per heavy atom. The number of aliphatic carboxylic acids is 1. The molecule has 0 bridgehead atoms. The number of aliphatic hydroxyl groups is 1. The van der Waals surface area contributed by atoms with Gasteiger partial charge in [0.15, 0.2) is 0 Å². The van der Waals surface area contributed by atoms with Gasteiger partial charge in [-0.15, -0.1) is 11.6 Å². The molecule has 0 atom stereocenters. The van der Waals surface area contributed by atoms with Crippen LogP contribution in [0.25, 0.3) is 0 Å². The van der Waals surface area contributed by atoms with Crippen LogP contribution < -0.4 is 0 Å². The van der Waals surface area contributed by atoms with E-state index in [4.69, 9.17) is 26.6 Å². The van der Waals surface area contributed by atoms with Gasteiger partial charge in [-0.3, -0.25) is 4.79 Å². The van der Waals surface area contributed by atoms with Gasteiger partial charge in [-0.1, -0.05) is 0 Å². The number of halogens is 1. The zero-order valence-electron chi connectivity index (χ0n) is 4.59. The highest BCUT2D eigenvalue weighted by Gasteiger charge is 1.65. The van der Waals surface area contributed by atoms with E-state index in [2.05, 4.69) is 0 Å². The van der Waals surface area contributed by atoms with Gasteiger partial charge in [0.05, 0.1) is 6.61 Å². The largest absolute Gasteiger partial charge is 0.481 e. The molecular weight excluding hydrogens is 131 g/mol. The number of hydrogen-bond donors (Lipinski definition) is 2. The van der Waals surface area contributed by atoms with Crippen molar-refractivity contribution in [1.82, 2.24) is 0 Å². The summed E-state index contributed by atoms with van der Waals surface area (Å²) in [6.07, 6.45) is 0. The van der Waals surface area contributed by atoms with Crippen LogP contribution in [-0.2, 0) is 4.79 Å². The molecule has 8 heavy (non-hydrogen) atoms. The van der Waals surface area contributed by atoms with E-state index in [0.717, 1.165) is 6.92 Å². The van der Waals surface area contributed by atoms with Gasteiger partial charge in [0, 0.05) is 12.8 Å². The quantitative estimate of drug-likeness (QED) is 0.516. The highest BCUT2D eigenvalue weighted by atomic mass is 35.5. The molecule has 3 nitrogen and oxygen atoms in total. The molecule has 0 aliphatic carbocycles. The monoisotopic (exact) mass is 140 g/mol. The molecule has 0 saturated heterocycles. The number of rotatable bonds is 1. The summed E-state index contributed by atoms with van der Waals surface area (Å²) in [6.45, 7) is 1.17. The summed E-state index contributed by atoms with van der Waals surface area (Å²) >= 11 is 4.94.